The summed E-state index contributed by atoms with van der Waals surface area (Å²) >= 11 is 0. The molecule has 2 rings (SSSR count). The Morgan fingerprint density at radius 1 is 1.30 bits per heavy atom. The third-order valence-electron chi connectivity index (χ3n) is 4.86. The van der Waals surface area contributed by atoms with E-state index in [1.807, 2.05) is 14.1 Å². The van der Waals surface area contributed by atoms with Gasteiger partial charge in [0, 0.05) is 26.3 Å². The van der Waals surface area contributed by atoms with Crippen molar-refractivity contribution in [2.24, 2.45) is 11.1 Å². The second kappa shape index (κ2) is 7.90. The normalized spacial score (nSPS) is 18.7. The van der Waals surface area contributed by atoms with E-state index >= 15 is 0 Å². The standard InChI is InChI=1S/C18H29N3O2/c1-14-4-6-15(7-5-14)16(21(2)3)12-20-17(22)18(13-19)8-10-23-11-9-18/h4-7,16H,8-13,19H2,1-3H3,(H,20,22). The molecule has 1 unspecified atom stereocenters. The lowest BCUT2D eigenvalue weighted by molar-refractivity contribution is -0.136. The van der Waals surface area contributed by atoms with Crippen molar-refractivity contribution in [3.8, 4) is 0 Å². The maximum absolute atomic E-state index is 12.7. The lowest BCUT2D eigenvalue weighted by Crippen LogP contribution is -2.50. The molecular formula is C18H29N3O2. The molecule has 0 saturated carbocycles. The van der Waals surface area contributed by atoms with Gasteiger partial charge in [0.05, 0.1) is 11.5 Å². The van der Waals surface area contributed by atoms with Gasteiger partial charge in [-0.25, -0.2) is 0 Å². The molecule has 1 aliphatic rings. The Hall–Kier alpha value is -1.43. The molecular weight excluding hydrogens is 290 g/mol. The molecule has 1 aliphatic heterocycles. The number of amides is 1. The van der Waals surface area contributed by atoms with E-state index in [9.17, 15) is 4.79 Å². The van der Waals surface area contributed by atoms with Gasteiger partial charge in [-0.1, -0.05) is 29.8 Å². The molecule has 1 aromatic carbocycles. The molecule has 0 bridgehead atoms. The van der Waals surface area contributed by atoms with Crippen LogP contribution in [-0.2, 0) is 9.53 Å². The number of nitrogens with two attached hydrogens (primary N) is 1. The van der Waals surface area contributed by atoms with E-state index in [4.69, 9.17) is 10.5 Å². The number of carbonyl (C=O) groups excluding carboxylic acids is 1. The molecule has 1 amide bonds. The second-order valence-electron chi connectivity index (χ2n) is 6.70. The van der Waals surface area contributed by atoms with Gasteiger partial charge in [-0.15, -0.1) is 0 Å². The monoisotopic (exact) mass is 319 g/mol. The van der Waals surface area contributed by atoms with Crippen LogP contribution in [0.2, 0.25) is 0 Å². The van der Waals surface area contributed by atoms with Gasteiger partial charge in [-0.3, -0.25) is 4.79 Å². The zero-order valence-electron chi connectivity index (χ0n) is 14.5. The van der Waals surface area contributed by atoms with E-state index < -0.39 is 5.41 Å². The number of benzene rings is 1. The Balaban J connectivity index is 2.03. The molecule has 0 spiro atoms. The summed E-state index contributed by atoms with van der Waals surface area (Å²) in [4.78, 5) is 14.8. The third kappa shape index (κ3) is 4.31. The summed E-state index contributed by atoms with van der Waals surface area (Å²) in [6.07, 6.45) is 1.40. The van der Waals surface area contributed by atoms with Crippen LogP contribution in [0.5, 0.6) is 0 Å². The first-order valence-electron chi connectivity index (χ1n) is 8.27. The highest BCUT2D eigenvalue weighted by molar-refractivity contribution is 5.83. The highest BCUT2D eigenvalue weighted by Gasteiger charge is 2.38. The Morgan fingerprint density at radius 3 is 2.43 bits per heavy atom. The molecule has 128 valence electrons. The number of hydrogen-bond acceptors (Lipinski definition) is 4. The summed E-state index contributed by atoms with van der Waals surface area (Å²) in [6.45, 7) is 4.25. The minimum absolute atomic E-state index is 0.0576. The third-order valence-corrected chi connectivity index (χ3v) is 4.86. The summed E-state index contributed by atoms with van der Waals surface area (Å²) in [7, 11) is 4.06. The van der Waals surface area contributed by atoms with Crippen molar-refractivity contribution in [2.45, 2.75) is 25.8 Å². The van der Waals surface area contributed by atoms with Crippen molar-refractivity contribution < 1.29 is 9.53 Å². The first-order chi connectivity index (χ1) is 11.0. The van der Waals surface area contributed by atoms with Gasteiger partial charge >= 0.3 is 0 Å². The largest absolute Gasteiger partial charge is 0.381 e. The molecule has 0 radical (unpaired) electrons. The molecule has 0 aliphatic carbocycles. The smallest absolute Gasteiger partial charge is 0.227 e. The van der Waals surface area contributed by atoms with Crippen molar-refractivity contribution in [1.29, 1.82) is 0 Å². The van der Waals surface area contributed by atoms with Crippen LogP contribution in [0.3, 0.4) is 0 Å². The number of carbonyl (C=O) groups is 1. The lowest BCUT2D eigenvalue weighted by Gasteiger charge is -2.35. The Morgan fingerprint density at radius 2 is 1.91 bits per heavy atom. The molecule has 5 heteroatoms. The van der Waals surface area contributed by atoms with Crippen molar-refractivity contribution in [2.75, 3.05) is 40.4 Å². The van der Waals surface area contributed by atoms with E-state index in [2.05, 4.69) is 41.4 Å². The number of likely N-dealkylation sites (N-methyl/N-ethyl adjacent to an activating group) is 1. The minimum atomic E-state index is -0.470. The lowest BCUT2D eigenvalue weighted by atomic mass is 9.79. The number of hydrogen-bond donors (Lipinski definition) is 2. The van der Waals surface area contributed by atoms with Gasteiger partial charge in [0.25, 0.3) is 0 Å². The summed E-state index contributed by atoms with van der Waals surface area (Å²) in [5, 5.41) is 3.12. The van der Waals surface area contributed by atoms with Crippen molar-refractivity contribution >= 4 is 5.91 Å². The van der Waals surface area contributed by atoms with E-state index in [1.165, 1.54) is 11.1 Å². The van der Waals surface area contributed by atoms with Crippen molar-refractivity contribution in [3.63, 3.8) is 0 Å². The second-order valence-corrected chi connectivity index (χ2v) is 6.70. The number of nitrogens with zero attached hydrogens (tertiary/aromatic N) is 1. The summed E-state index contributed by atoms with van der Waals surface area (Å²) in [5.41, 5.74) is 7.88. The first-order valence-corrected chi connectivity index (χ1v) is 8.27. The molecule has 1 fully saturated rings. The zero-order valence-corrected chi connectivity index (χ0v) is 14.5. The molecule has 1 heterocycles. The SMILES string of the molecule is Cc1ccc(C(CNC(=O)C2(CN)CCOCC2)N(C)C)cc1. The first kappa shape index (κ1) is 17.9. The van der Waals surface area contributed by atoms with E-state index in [-0.39, 0.29) is 11.9 Å². The maximum Gasteiger partial charge on any atom is 0.227 e. The van der Waals surface area contributed by atoms with E-state index in [0.29, 0.717) is 39.1 Å². The van der Waals surface area contributed by atoms with E-state index in [1.54, 1.807) is 0 Å². The predicted molar refractivity (Wildman–Crippen MR) is 92.2 cm³/mol. The summed E-state index contributed by atoms with van der Waals surface area (Å²) in [5.74, 6) is 0.0576. The zero-order chi connectivity index (χ0) is 16.9. The molecule has 0 aromatic heterocycles. The topological polar surface area (TPSA) is 67.6 Å². The number of ether oxygens (including phenoxy) is 1. The van der Waals surface area contributed by atoms with Crippen LogP contribution in [0.15, 0.2) is 24.3 Å². The number of aryl methyl sites for hydroxylation is 1. The quantitative estimate of drug-likeness (QED) is 0.833. The van der Waals surface area contributed by atoms with E-state index in [0.717, 1.165) is 0 Å². The van der Waals surface area contributed by atoms with Gasteiger partial charge in [0.1, 0.15) is 0 Å². The van der Waals surface area contributed by atoms with Crippen molar-refractivity contribution in [3.05, 3.63) is 35.4 Å². The number of nitrogens with one attached hydrogen (secondary N) is 1. The van der Waals surface area contributed by atoms with Crippen molar-refractivity contribution in [1.82, 2.24) is 10.2 Å². The number of rotatable bonds is 6. The van der Waals surface area contributed by atoms with Crippen LogP contribution in [0.4, 0.5) is 0 Å². The average Bonchev–Trinajstić information content (AvgIpc) is 2.56. The van der Waals surface area contributed by atoms with Crippen LogP contribution < -0.4 is 11.1 Å². The molecule has 23 heavy (non-hydrogen) atoms. The van der Waals surface area contributed by atoms with Crippen LogP contribution >= 0.6 is 0 Å². The maximum atomic E-state index is 12.7. The fourth-order valence-electron chi connectivity index (χ4n) is 3.05. The van der Waals surface area contributed by atoms with Gasteiger partial charge in [-0.05, 0) is 39.4 Å². The fourth-order valence-corrected chi connectivity index (χ4v) is 3.05. The fraction of sp³-hybridized carbons (Fsp3) is 0.611. The van der Waals surface area contributed by atoms with Gasteiger partial charge in [-0.2, -0.15) is 0 Å². The molecule has 1 atom stereocenters. The minimum Gasteiger partial charge on any atom is -0.381 e. The Labute approximate surface area is 139 Å². The van der Waals surface area contributed by atoms with Gasteiger partial charge in [0.2, 0.25) is 5.91 Å². The van der Waals surface area contributed by atoms with Crippen LogP contribution in [0, 0.1) is 12.3 Å². The highest BCUT2D eigenvalue weighted by atomic mass is 16.5. The highest BCUT2D eigenvalue weighted by Crippen LogP contribution is 2.30. The molecule has 3 N–H and O–H groups in total. The Bertz CT molecular complexity index is 508. The van der Waals surface area contributed by atoms with Crippen LogP contribution in [-0.4, -0.2) is 51.2 Å². The molecule has 5 nitrogen and oxygen atoms in total. The molecule has 1 aromatic rings. The predicted octanol–water partition coefficient (Wildman–Crippen LogP) is 1.47. The Kier molecular flexibility index (Phi) is 6.16. The average molecular weight is 319 g/mol. The summed E-state index contributed by atoms with van der Waals surface area (Å²) in [6, 6.07) is 8.61. The van der Waals surface area contributed by atoms with Crippen LogP contribution in [0.1, 0.15) is 30.0 Å². The molecule has 1 saturated heterocycles. The van der Waals surface area contributed by atoms with Gasteiger partial charge < -0.3 is 20.7 Å². The van der Waals surface area contributed by atoms with Crippen LogP contribution in [0.25, 0.3) is 0 Å². The van der Waals surface area contributed by atoms with Gasteiger partial charge in [0.15, 0.2) is 0 Å². The summed E-state index contributed by atoms with van der Waals surface area (Å²) < 4.78 is 5.38.